The lowest BCUT2D eigenvalue weighted by molar-refractivity contribution is -0.141. The topological polar surface area (TPSA) is 87.2 Å². The summed E-state index contributed by atoms with van der Waals surface area (Å²) in [6.45, 7) is 0. The molecule has 0 fully saturated rings. The van der Waals surface area contributed by atoms with E-state index in [0.717, 1.165) is 10.7 Å². The van der Waals surface area contributed by atoms with Crippen LogP contribution < -0.4 is 9.88 Å². The van der Waals surface area contributed by atoms with Crippen molar-refractivity contribution in [3.05, 3.63) is 60.3 Å². The highest BCUT2D eigenvalue weighted by atomic mass is 32.2. The fraction of sp³-hybridized carbons (Fsp3) is 0.118. The number of methoxy groups -OCH3 is 1. The van der Waals surface area contributed by atoms with Gasteiger partial charge in [0.05, 0.1) is 18.5 Å². The summed E-state index contributed by atoms with van der Waals surface area (Å²) in [4.78, 5) is -0.336. The molecule has 0 amide bonds. The third kappa shape index (κ3) is 3.81. The standard InChI is InChI=1S/C17H14F3N3O3S/c1-26-12-8-6-11(7-9-12)14-10-16(17(18,19)20)22-23(14)13-4-2-3-5-15(13)27(21,24)25/h2-10H,1H3,(H2,21,24,25). The number of ether oxygens (including phenoxy) is 1. The quantitative estimate of drug-likeness (QED) is 0.732. The van der Waals surface area contributed by atoms with Crippen LogP contribution in [0.3, 0.4) is 0 Å². The second-order valence-corrected chi connectivity index (χ2v) is 7.10. The van der Waals surface area contributed by atoms with Crippen LogP contribution in [0, 0.1) is 0 Å². The number of hydrogen-bond acceptors (Lipinski definition) is 4. The first-order valence-corrected chi connectivity index (χ1v) is 9.10. The predicted octanol–water partition coefficient (Wildman–Crippen LogP) is 3.21. The molecule has 0 aliphatic carbocycles. The Morgan fingerprint density at radius 2 is 1.70 bits per heavy atom. The summed E-state index contributed by atoms with van der Waals surface area (Å²) in [5, 5.41) is 8.79. The van der Waals surface area contributed by atoms with E-state index in [1.54, 1.807) is 24.3 Å². The van der Waals surface area contributed by atoms with E-state index in [1.807, 2.05) is 0 Å². The molecule has 0 atom stereocenters. The molecule has 0 aliphatic heterocycles. The van der Waals surface area contributed by atoms with Gasteiger partial charge in [0, 0.05) is 5.56 Å². The molecule has 2 aromatic carbocycles. The van der Waals surface area contributed by atoms with E-state index in [2.05, 4.69) is 5.10 Å². The summed E-state index contributed by atoms with van der Waals surface area (Å²) in [5.41, 5.74) is -0.789. The fourth-order valence-electron chi connectivity index (χ4n) is 2.54. The Labute approximate surface area is 153 Å². The van der Waals surface area contributed by atoms with E-state index in [4.69, 9.17) is 9.88 Å². The molecule has 1 aromatic heterocycles. The van der Waals surface area contributed by atoms with Crippen molar-refractivity contribution in [3.8, 4) is 22.7 Å². The second kappa shape index (κ2) is 6.71. The van der Waals surface area contributed by atoms with Gasteiger partial charge in [0.2, 0.25) is 10.0 Å². The highest BCUT2D eigenvalue weighted by Crippen LogP contribution is 2.34. The zero-order valence-corrected chi connectivity index (χ0v) is 14.8. The van der Waals surface area contributed by atoms with Crippen molar-refractivity contribution < 1.29 is 26.3 Å². The molecule has 0 radical (unpaired) electrons. The molecule has 0 unspecified atom stereocenters. The minimum absolute atomic E-state index is 0.0566. The number of sulfonamides is 1. The summed E-state index contributed by atoms with van der Waals surface area (Å²) in [7, 11) is -2.72. The van der Waals surface area contributed by atoms with Crippen molar-refractivity contribution in [2.75, 3.05) is 7.11 Å². The smallest absolute Gasteiger partial charge is 0.435 e. The van der Waals surface area contributed by atoms with Gasteiger partial charge in [0.15, 0.2) is 5.69 Å². The van der Waals surface area contributed by atoms with Gasteiger partial charge in [0.25, 0.3) is 0 Å². The zero-order chi connectivity index (χ0) is 19.8. The van der Waals surface area contributed by atoms with Gasteiger partial charge < -0.3 is 4.74 Å². The first kappa shape index (κ1) is 18.9. The van der Waals surface area contributed by atoms with Crippen LogP contribution in [0.5, 0.6) is 5.75 Å². The van der Waals surface area contributed by atoms with Gasteiger partial charge >= 0.3 is 6.18 Å². The number of nitrogens with zero attached hydrogens (tertiary/aromatic N) is 2. The van der Waals surface area contributed by atoms with Crippen molar-refractivity contribution >= 4 is 10.0 Å². The van der Waals surface area contributed by atoms with E-state index in [-0.39, 0.29) is 16.3 Å². The number of aromatic nitrogens is 2. The van der Waals surface area contributed by atoms with Crippen LogP contribution in [-0.2, 0) is 16.2 Å². The third-order valence-corrected chi connectivity index (χ3v) is 4.74. The molecule has 27 heavy (non-hydrogen) atoms. The van der Waals surface area contributed by atoms with Gasteiger partial charge in [-0.15, -0.1) is 0 Å². The van der Waals surface area contributed by atoms with Crippen molar-refractivity contribution in [3.63, 3.8) is 0 Å². The van der Waals surface area contributed by atoms with Crippen LogP contribution in [0.1, 0.15) is 5.69 Å². The Hall–Kier alpha value is -2.85. The van der Waals surface area contributed by atoms with E-state index >= 15 is 0 Å². The van der Waals surface area contributed by atoms with Crippen LogP contribution in [0.2, 0.25) is 0 Å². The molecule has 0 spiro atoms. The second-order valence-electron chi connectivity index (χ2n) is 5.57. The minimum Gasteiger partial charge on any atom is -0.497 e. The summed E-state index contributed by atoms with van der Waals surface area (Å²) in [6, 6.07) is 12.5. The maximum atomic E-state index is 13.2. The van der Waals surface area contributed by atoms with Crippen LogP contribution in [0.15, 0.2) is 59.5 Å². The maximum absolute atomic E-state index is 13.2. The normalized spacial score (nSPS) is 12.2. The number of benzene rings is 2. The van der Waals surface area contributed by atoms with Gasteiger partial charge in [-0.05, 0) is 42.5 Å². The monoisotopic (exact) mass is 397 g/mol. The molecular formula is C17H14F3N3O3S. The first-order valence-electron chi connectivity index (χ1n) is 7.55. The first-order chi connectivity index (χ1) is 12.6. The third-order valence-electron chi connectivity index (χ3n) is 3.79. The van der Waals surface area contributed by atoms with Crippen LogP contribution in [-0.4, -0.2) is 25.3 Å². The molecule has 142 valence electrons. The molecule has 3 aromatic rings. The SMILES string of the molecule is COc1ccc(-c2cc(C(F)(F)F)nn2-c2ccccc2S(N)(=O)=O)cc1. The Balaban J connectivity index is 2.28. The zero-order valence-electron chi connectivity index (χ0n) is 13.9. The molecule has 0 saturated carbocycles. The fourth-order valence-corrected chi connectivity index (χ4v) is 3.26. The summed E-state index contributed by atoms with van der Waals surface area (Å²) in [6.07, 6.45) is -4.71. The van der Waals surface area contributed by atoms with Gasteiger partial charge in [0.1, 0.15) is 10.6 Å². The molecule has 10 heteroatoms. The van der Waals surface area contributed by atoms with Crippen molar-refractivity contribution in [1.29, 1.82) is 0 Å². The Morgan fingerprint density at radius 1 is 1.07 bits per heavy atom. The van der Waals surface area contributed by atoms with Crippen molar-refractivity contribution in [2.45, 2.75) is 11.1 Å². The molecule has 0 aliphatic rings. The number of para-hydroxylation sites is 1. The molecular weight excluding hydrogens is 383 g/mol. The summed E-state index contributed by atoms with van der Waals surface area (Å²) >= 11 is 0. The summed E-state index contributed by atoms with van der Waals surface area (Å²) in [5.74, 6) is 0.519. The molecule has 0 saturated heterocycles. The Kier molecular flexibility index (Phi) is 4.70. The maximum Gasteiger partial charge on any atom is 0.435 e. The number of halogens is 3. The van der Waals surface area contributed by atoms with E-state index in [1.165, 1.54) is 31.4 Å². The van der Waals surface area contributed by atoms with Gasteiger partial charge in [-0.3, -0.25) is 0 Å². The number of rotatable bonds is 4. The number of primary sulfonamides is 1. The largest absolute Gasteiger partial charge is 0.497 e. The average molecular weight is 397 g/mol. The highest BCUT2D eigenvalue weighted by molar-refractivity contribution is 7.89. The molecule has 6 nitrogen and oxygen atoms in total. The molecule has 3 rings (SSSR count). The molecule has 0 bridgehead atoms. The molecule has 2 N–H and O–H groups in total. The van der Waals surface area contributed by atoms with Crippen LogP contribution >= 0.6 is 0 Å². The molecule has 1 heterocycles. The van der Waals surface area contributed by atoms with Crippen molar-refractivity contribution in [2.24, 2.45) is 5.14 Å². The number of hydrogen-bond donors (Lipinski definition) is 1. The predicted molar refractivity (Wildman–Crippen MR) is 91.9 cm³/mol. The lowest BCUT2D eigenvalue weighted by Crippen LogP contribution is -2.16. The Morgan fingerprint density at radius 3 is 2.26 bits per heavy atom. The van der Waals surface area contributed by atoms with Gasteiger partial charge in [-0.1, -0.05) is 12.1 Å². The lowest BCUT2D eigenvalue weighted by Gasteiger charge is -2.11. The van der Waals surface area contributed by atoms with E-state index in [9.17, 15) is 21.6 Å². The van der Waals surface area contributed by atoms with Gasteiger partial charge in [-0.25, -0.2) is 18.2 Å². The average Bonchev–Trinajstić information content (AvgIpc) is 3.07. The lowest BCUT2D eigenvalue weighted by atomic mass is 10.1. The Bertz CT molecular complexity index is 1070. The van der Waals surface area contributed by atoms with Crippen LogP contribution in [0.25, 0.3) is 16.9 Å². The van der Waals surface area contributed by atoms with Crippen molar-refractivity contribution in [1.82, 2.24) is 9.78 Å². The number of alkyl halides is 3. The highest BCUT2D eigenvalue weighted by Gasteiger charge is 2.35. The van der Waals surface area contributed by atoms with E-state index < -0.39 is 21.9 Å². The van der Waals surface area contributed by atoms with Crippen LogP contribution in [0.4, 0.5) is 13.2 Å². The van der Waals surface area contributed by atoms with Gasteiger partial charge in [-0.2, -0.15) is 18.3 Å². The summed E-state index contributed by atoms with van der Waals surface area (Å²) < 4.78 is 69.4. The number of nitrogens with two attached hydrogens (primary N) is 1. The van der Waals surface area contributed by atoms with E-state index in [0.29, 0.717) is 11.3 Å². The minimum atomic E-state index is -4.71.